The molecule has 3 aliphatic heterocycles. The first kappa shape index (κ1) is 26.5. The molecule has 3 aliphatic rings. The van der Waals surface area contributed by atoms with Gasteiger partial charge in [0.25, 0.3) is 5.91 Å². The first-order valence-electron chi connectivity index (χ1n) is 14.4. The van der Waals surface area contributed by atoms with Crippen LogP contribution < -0.4 is 0 Å². The highest BCUT2D eigenvalue weighted by Crippen LogP contribution is 2.39. The van der Waals surface area contributed by atoms with Crippen molar-refractivity contribution in [1.29, 1.82) is 0 Å². The van der Waals surface area contributed by atoms with Gasteiger partial charge in [0, 0.05) is 36.2 Å². The molecule has 206 valence electrons. The Balaban J connectivity index is 1.18. The van der Waals surface area contributed by atoms with Gasteiger partial charge < -0.3 is 24.4 Å². The molecule has 1 amide bonds. The highest BCUT2D eigenvalue weighted by molar-refractivity contribution is 7.17. The lowest BCUT2D eigenvalue weighted by Crippen LogP contribution is -2.49. The number of benzene rings is 2. The van der Waals surface area contributed by atoms with Gasteiger partial charge >= 0.3 is 0 Å². The number of carbonyl (C=O) groups excluding carboxylic acids is 1. The second kappa shape index (κ2) is 12.2. The van der Waals surface area contributed by atoms with Crippen LogP contribution in [0.25, 0.3) is 10.1 Å². The Kier molecular flexibility index (Phi) is 8.30. The maximum Gasteiger partial charge on any atom is 0.288 e. The third kappa shape index (κ3) is 6.07. The molecule has 2 fully saturated rings. The fourth-order valence-corrected chi connectivity index (χ4v) is 7.24. The summed E-state index contributed by atoms with van der Waals surface area (Å²) >= 11 is 1.74. The van der Waals surface area contributed by atoms with Crippen molar-refractivity contribution in [3.8, 4) is 0 Å². The molecule has 39 heavy (non-hydrogen) atoms. The smallest absolute Gasteiger partial charge is 0.288 e. The maximum absolute atomic E-state index is 13.7. The van der Waals surface area contributed by atoms with E-state index in [4.69, 9.17) is 9.47 Å². The minimum Gasteiger partial charge on any atom is -0.459 e. The van der Waals surface area contributed by atoms with Crippen molar-refractivity contribution in [3.63, 3.8) is 0 Å². The van der Waals surface area contributed by atoms with E-state index < -0.39 is 6.29 Å². The highest BCUT2D eigenvalue weighted by atomic mass is 32.1. The fraction of sp³-hybridized carbons (Fsp3) is 0.469. The van der Waals surface area contributed by atoms with E-state index in [1.807, 2.05) is 35.2 Å². The monoisotopic (exact) mass is 546 g/mol. The lowest BCUT2D eigenvalue weighted by atomic mass is 9.92. The second-order valence-corrected chi connectivity index (χ2v) is 11.9. The van der Waals surface area contributed by atoms with Gasteiger partial charge in [-0.05, 0) is 78.4 Å². The summed E-state index contributed by atoms with van der Waals surface area (Å²) in [7, 11) is 0. The molecule has 6 nitrogen and oxygen atoms in total. The van der Waals surface area contributed by atoms with Gasteiger partial charge in [0.15, 0.2) is 5.76 Å². The number of thiophene rings is 1. The summed E-state index contributed by atoms with van der Waals surface area (Å²) in [6, 6.07) is 16.8. The summed E-state index contributed by atoms with van der Waals surface area (Å²) in [4.78, 5) is 18.4. The minimum atomic E-state index is -0.513. The molecule has 0 saturated carbocycles. The molecule has 0 unspecified atom stereocenters. The summed E-state index contributed by atoms with van der Waals surface area (Å²) in [5, 5.41) is 12.8. The van der Waals surface area contributed by atoms with Gasteiger partial charge in [-0.2, -0.15) is 0 Å². The molecule has 1 aromatic heterocycles. The van der Waals surface area contributed by atoms with Crippen molar-refractivity contribution >= 4 is 27.3 Å². The average Bonchev–Trinajstić information content (AvgIpc) is 3.45. The van der Waals surface area contributed by atoms with Gasteiger partial charge in [-0.1, -0.05) is 48.9 Å². The standard InChI is InChI=1S/C32H38N2O4S/c35-20-23-8-10-24(11-9-23)21-37-31-19-25(28-22-39-30-7-3-2-6-27(28)30)18-29(38-31)32(36)34-16-12-26(13-17-34)33-14-4-1-5-15-33/h2-3,6-11,18,22,25-26,31,35H,1,4-5,12-17,19-21H2/t25-,31+/m1/s1. The Labute approximate surface area is 234 Å². The molecule has 1 N–H and O–H groups in total. The zero-order valence-electron chi connectivity index (χ0n) is 22.5. The van der Waals surface area contributed by atoms with Crippen molar-refractivity contribution in [2.75, 3.05) is 26.2 Å². The van der Waals surface area contributed by atoms with Crippen LogP contribution in [-0.4, -0.2) is 59.3 Å². The Morgan fingerprint density at radius 2 is 1.72 bits per heavy atom. The van der Waals surface area contributed by atoms with Crippen LogP contribution in [0, 0.1) is 0 Å². The van der Waals surface area contributed by atoms with E-state index in [0.29, 0.717) is 24.8 Å². The molecule has 2 saturated heterocycles. The topological polar surface area (TPSA) is 62.2 Å². The summed E-state index contributed by atoms with van der Waals surface area (Å²) in [6.45, 7) is 4.35. The predicted molar refractivity (Wildman–Crippen MR) is 154 cm³/mol. The van der Waals surface area contributed by atoms with Crippen LogP contribution in [0.15, 0.2) is 65.7 Å². The summed E-state index contributed by atoms with van der Waals surface area (Å²) < 4.78 is 13.8. The number of amides is 1. The van der Waals surface area contributed by atoms with E-state index in [1.54, 1.807) is 11.3 Å². The van der Waals surface area contributed by atoms with E-state index in [0.717, 1.165) is 37.1 Å². The number of nitrogens with zero attached hydrogens (tertiary/aromatic N) is 2. The second-order valence-electron chi connectivity index (χ2n) is 11.0. The summed E-state index contributed by atoms with van der Waals surface area (Å²) in [5.74, 6) is 0.442. The molecule has 0 bridgehead atoms. The van der Waals surface area contributed by atoms with Crippen LogP contribution in [0.2, 0.25) is 0 Å². The van der Waals surface area contributed by atoms with Crippen molar-refractivity contribution < 1.29 is 19.4 Å². The number of piperidine rings is 2. The first-order chi connectivity index (χ1) is 19.2. The van der Waals surface area contributed by atoms with Crippen LogP contribution >= 0.6 is 11.3 Å². The average molecular weight is 547 g/mol. The van der Waals surface area contributed by atoms with Crippen molar-refractivity contribution in [2.45, 2.75) is 70.0 Å². The molecule has 3 aromatic rings. The molecule has 7 heteroatoms. The Bertz CT molecular complexity index is 1290. The first-order valence-corrected chi connectivity index (χ1v) is 15.2. The Morgan fingerprint density at radius 3 is 2.49 bits per heavy atom. The number of rotatable bonds is 7. The molecule has 2 atom stereocenters. The summed E-state index contributed by atoms with van der Waals surface area (Å²) in [5.41, 5.74) is 3.11. The highest BCUT2D eigenvalue weighted by Gasteiger charge is 2.34. The number of carbonyl (C=O) groups is 1. The molecule has 4 heterocycles. The number of allylic oxidation sites excluding steroid dienone is 1. The number of ether oxygens (including phenoxy) is 2. The molecule has 6 rings (SSSR count). The largest absolute Gasteiger partial charge is 0.459 e. The molecular formula is C32H38N2O4S. The lowest BCUT2D eigenvalue weighted by molar-refractivity contribution is -0.156. The van der Waals surface area contributed by atoms with Crippen LogP contribution in [0.4, 0.5) is 0 Å². The van der Waals surface area contributed by atoms with Crippen molar-refractivity contribution in [2.24, 2.45) is 0 Å². The molecule has 0 spiro atoms. The van der Waals surface area contributed by atoms with Gasteiger partial charge in [-0.25, -0.2) is 0 Å². The zero-order valence-corrected chi connectivity index (χ0v) is 23.3. The summed E-state index contributed by atoms with van der Waals surface area (Å²) in [6.07, 6.45) is 8.17. The van der Waals surface area contributed by atoms with Gasteiger partial charge in [-0.15, -0.1) is 11.3 Å². The molecular weight excluding hydrogens is 508 g/mol. The molecule has 2 aromatic carbocycles. The van der Waals surface area contributed by atoms with E-state index >= 15 is 0 Å². The maximum atomic E-state index is 13.7. The van der Waals surface area contributed by atoms with Gasteiger partial charge in [-0.3, -0.25) is 4.79 Å². The quantitative estimate of drug-likeness (QED) is 0.406. The van der Waals surface area contributed by atoms with Crippen LogP contribution in [0.5, 0.6) is 0 Å². The van der Waals surface area contributed by atoms with E-state index in [-0.39, 0.29) is 18.4 Å². The van der Waals surface area contributed by atoms with Gasteiger partial charge in [0.2, 0.25) is 6.29 Å². The van der Waals surface area contributed by atoms with Crippen molar-refractivity contribution in [1.82, 2.24) is 9.80 Å². The van der Waals surface area contributed by atoms with Crippen LogP contribution in [-0.2, 0) is 27.5 Å². The van der Waals surface area contributed by atoms with E-state index in [9.17, 15) is 9.90 Å². The fourth-order valence-electron chi connectivity index (χ4n) is 6.22. The van der Waals surface area contributed by atoms with Crippen LogP contribution in [0.1, 0.15) is 61.1 Å². The van der Waals surface area contributed by atoms with Gasteiger partial charge in [0.05, 0.1) is 13.2 Å². The normalized spacial score (nSPS) is 23.0. The number of hydrogen-bond acceptors (Lipinski definition) is 6. The predicted octanol–water partition coefficient (Wildman–Crippen LogP) is 5.80. The zero-order chi connectivity index (χ0) is 26.6. The number of likely N-dealkylation sites (tertiary alicyclic amines) is 2. The third-order valence-corrected chi connectivity index (χ3v) is 9.46. The minimum absolute atomic E-state index is 0.0165. The number of aliphatic hydroxyl groups excluding tert-OH is 1. The molecule has 0 radical (unpaired) electrons. The van der Waals surface area contributed by atoms with Crippen molar-refractivity contribution in [3.05, 3.63) is 82.4 Å². The lowest BCUT2D eigenvalue weighted by Gasteiger charge is -2.40. The molecule has 0 aliphatic carbocycles. The Hall–Kier alpha value is -2.71. The number of hydrogen-bond donors (Lipinski definition) is 1. The van der Waals surface area contributed by atoms with E-state index in [1.165, 1.54) is 48.0 Å². The number of fused-ring (bicyclic) bond motifs is 1. The van der Waals surface area contributed by atoms with E-state index in [2.05, 4.69) is 34.5 Å². The SMILES string of the molecule is O=C(C1=C[C@@H](c2csc3ccccc23)C[C@@H](OCc2ccc(CO)cc2)O1)N1CCC(N2CCCCC2)CC1. The Morgan fingerprint density at radius 1 is 0.974 bits per heavy atom. The third-order valence-electron chi connectivity index (χ3n) is 8.48. The number of aliphatic hydroxyl groups is 1. The van der Waals surface area contributed by atoms with Crippen LogP contribution in [0.3, 0.4) is 0 Å². The van der Waals surface area contributed by atoms with Gasteiger partial charge in [0.1, 0.15) is 0 Å².